The maximum absolute atomic E-state index is 5.85. The lowest BCUT2D eigenvalue weighted by Crippen LogP contribution is -2.08. The topological polar surface area (TPSA) is 47.7 Å². The highest BCUT2D eigenvalue weighted by molar-refractivity contribution is 5.49. The molecular formula is C17H22N2O2. The van der Waals surface area contributed by atoms with E-state index in [-0.39, 0.29) is 0 Å². The van der Waals surface area contributed by atoms with Crippen molar-refractivity contribution in [1.29, 1.82) is 0 Å². The Morgan fingerprint density at radius 3 is 2.57 bits per heavy atom. The van der Waals surface area contributed by atoms with E-state index in [0.717, 1.165) is 28.3 Å². The molecule has 0 aliphatic rings. The van der Waals surface area contributed by atoms with E-state index in [1.807, 2.05) is 61.5 Å². The summed E-state index contributed by atoms with van der Waals surface area (Å²) in [5.41, 5.74) is 8.91. The summed E-state index contributed by atoms with van der Waals surface area (Å²) in [7, 11) is 5.67. The van der Waals surface area contributed by atoms with Gasteiger partial charge in [-0.2, -0.15) is 0 Å². The van der Waals surface area contributed by atoms with Crippen LogP contribution in [0, 0.1) is 0 Å². The second kappa shape index (κ2) is 6.99. The number of nitrogens with two attached hydrogens (primary N) is 1. The van der Waals surface area contributed by atoms with Crippen LogP contribution in [0.15, 0.2) is 42.5 Å². The molecule has 21 heavy (non-hydrogen) atoms. The lowest BCUT2D eigenvalue weighted by molar-refractivity contribution is 0.306. The molecule has 0 unspecified atom stereocenters. The molecule has 2 N–H and O–H groups in total. The Hall–Kier alpha value is -2.20. The number of ether oxygens (including phenoxy) is 2. The van der Waals surface area contributed by atoms with Crippen LogP contribution in [-0.2, 0) is 13.2 Å². The average molecular weight is 286 g/mol. The van der Waals surface area contributed by atoms with Gasteiger partial charge in [0.1, 0.15) is 18.1 Å². The van der Waals surface area contributed by atoms with Gasteiger partial charge < -0.3 is 20.1 Å². The van der Waals surface area contributed by atoms with Gasteiger partial charge >= 0.3 is 0 Å². The van der Waals surface area contributed by atoms with E-state index in [9.17, 15) is 0 Å². The summed E-state index contributed by atoms with van der Waals surface area (Å²) in [6.45, 7) is 0.959. The Kier molecular flexibility index (Phi) is 5.06. The third-order valence-electron chi connectivity index (χ3n) is 3.30. The first kappa shape index (κ1) is 15.2. The zero-order valence-electron chi connectivity index (χ0n) is 12.8. The van der Waals surface area contributed by atoms with Gasteiger partial charge in [0.2, 0.25) is 0 Å². The van der Waals surface area contributed by atoms with E-state index in [0.29, 0.717) is 13.2 Å². The predicted octanol–water partition coefficient (Wildman–Crippen LogP) is 2.80. The Labute approximate surface area is 126 Å². The molecule has 0 atom stereocenters. The Morgan fingerprint density at radius 2 is 1.90 bits per heavy atom. The minimum absolute atomic E-state index is 0.452. The number of benzene rings is 2. The molecule has 0 aliphatic heterocycles. The van der Waals surface area contributed by atoms with Gasteiger partial charge in [-0.05, 0) is 29.8 Å². The van der Waals surface area contributed by atoms with Crippen LogP contribution < -0.4 is 20.1 Å². The Balaban J connectivity index is 2.07. The Bertz CT molecular complexity index is 597. The van der Waals surface area contributed by atoms with Crippen molar-refractivity contribution in [3.63, 3.8) is 0 Å². The van der Waals surface area contributed by atoms with Crippen molar-refractivity contribution in [2.45, 2.75) is 13.2 Å². The number of hydrogen-bond donors (Lipinski definition) is 1. The van der Waals surface area contributed by atoms with Crippen LogP contribution in [0.3, 0.4) is 0 Å². The van der Waals surface area contributed by atoms with Gasteiger partial charge in [0.05, 0.1) is 7.11 Å². The van der Waals surface area contributed by atoms with Crippen molar-refractivity contribution < 1.29 is 9.47 Å². The number of rotatable bonds is 6. The molecule has 0 heterocycles. The highest BCUT2D eigenvalue weighted by Gasteiger charge is 2.04. The second-order valence-electron chi connectivity index (χ2n) is 5.03. The molecule has 2 rings (SSSR count). The quantitative estimate of drug-likeness (QED) is 0.887. The van der Waals surface area contributed by atoms with Crippen molar-refractivity contribution in [3.8, 4) is 11.5 Å². The van der Waals surface area contributed by atoms with Gasteiger partial charge in [-0.1, -0.05) is 12.1 Å². The third-order valence-corrected chi connectivity index (χ3v) is 3.30. The SMILES string of the molecule is COc1ccc(COc2cccc(N(C)C)c2)cc1CN. The second-order valence-corrected chi connectivity index (χ2v) is 5.03. The fourth-order valence-corrected chi connectivity index (χ4v) is 2.10. The molecule has 4 heteroatoms. The van der Waals surface area contributed by atoms with Gasteiger partial charge in [-0.3, -0.25) is 0 Å². The molecule has 0 aromatic heterocycles. The molecule has 0 aliphatic carbocycles. The summed E-state index contributed by atoms with van der Waals surface area (Å²) < 4.78 is 11.1. The van der Waals surface area contributed by atoms with Crippen molar-refractivity contribution in [1.82, 2.24) is 0 Å². The van der Waals surface area contributed by atoms with Crippen LogP contribution in [0.4, 0.5) is 5.69 Å². The van der Waals surface area contributed by atoms with Gasteiger partial charge in [0, 0.05) is 38.0 Å². The van der Waals surface area contributed by atoms with Gasteiger partial charge in [-0.25, -0.2) is 0 Å². The lowest BCUT2D eigenvalue weighted by atomic mass is 10.1. The largest absolute Gasteiger partial charge is 0.496 e. The molecule has 0 amide bonds. The molecule has 0 spiro atoms. The molecule has 0 saturated heterocycles. The minimum Gasteiger partial charge on any atom is -0.496 e. The number of methoxy groups -OCH3 is 1. The first-order chi connectivity index (χ1) is 10.1. The van der Waals surface area contributed by atoms with Gasteiger partial charge in [0.15, 0.2) is 0 Å². The highest BCUT2D eigenvalue weighted by Crippen LogP contribution is 2.22. The number of hydrogen-bond acceptors (Lipinski definition) is 4. The van der Waals surface area contributed by atoms with Crippen LogP contribution in [0.5, 0.6) is 11.5 Å². The van der Waals surface area contributed by atoms with E-state index in [1.54, 1.807) is 7.11 Å². The standard InChI is InChI=1S/C17H22N2O2/c1-19(2)15-5-4-6-16(10-15)21-12-13-7-8-17(20-3)14(9-13)11-18/h4-10H,11-12,18H2,1-3H3. The molecule has 0 radical (unpaired) electrons. The smallest absolute Gasteiger partial charge is 0.123 e. The monoisotopic (exact) mass is 286 g/mol. The van der Waals surface area contributed by atoms with Gasteiger partial charge in [0.25, 0.3) is 0 Å². The first-order valence-electron chi connectivity index (χ1n) is 6.90. The molecular weight excluding hydrogens is 264 g/mol. The predicted molar refractivity (Wildman–Crippen MR) is 86.0 cm³/mol. The van der Waals surface area contributed by atoms with E-state index < -0.39 is 0 Å². The van der Waals surface area contributed by atoms with Crippen LogP contribution in [-0.4, -0.2) is 21.2 Å². The molecule has 0 bridgehead atoms. The highest BCUT2D eigenvalue weighted by atomic mass is 16.5. The molecule has 0 saturated carbocycles. The van der Waals surface area contributed by atoms with Crippen molar-refractivity contribution in [2.75, 3.05) is 26.1 Å². The van der Waals surface area contributed by atoms with Crippen LogP contribution in [0.1, 0.15) is 11.1 Å². The molecule has 2 aromatic rings. The average Bonchev–Trinajstić information content (AvgIpc) is 2.52. The minimum atomic E-state index is 0.452. The fourth-order valence-electron chi connectivity index (χ4n) is 2.10. The summed E-state index contributed by atoms with van der Waals surface area (Å²) in [4.78, 5) is 2.05. The zero-order chi connectivity index (χ0) is 15.2. The van der Waals surface area contributed by atoms with E-state index in [2.05, 4.69) is 0 Å². The molecule has 0 fully saturated rings. The van der Waals surface area contributed by atoms with Crippen molar-refractivity contribution in [3.05, 3.63) is 53.6 Å². The summed E-state index contributed by atoms with van der Waals surface area (Å²) in [6.07, 6.45) is 0. The van der Waals surface area contributed by atoms with Crippen LogP contribution in [0.25, 0.3) is 0 Å². The Morgan fingerprint density at radius 1 is 1.10 bits per heavy atom. The third kappa shape index (κ3) is 3.89. The van der Waals surface area contributed by atoms with Crippen molar-refractivity contribution in [2.24, 2.45) is 5.73 Å². The summed E-state index contributed by atoms with van der Waals surface area (Å²) >= 11 is 0. The van der Waals surface area contributed by atoms with Crippen LogP contribution >= 0.6 is 0 Å². The first-order valence-corrected chi connectivity index (χ1v) is 6.90. The summed E-state index contributed by atoms with van der Waals surface area (Å²) in [5, 5.41) is 0. The maximum Gasteiger partial charge on any atom is 0.123 e. The maximum atomic E-state index is 5.85. The lowest BCUT2D eigenvalue weighted by Gasteiger charge is -2.14. The van der Waals surface area contributed by atoms with Crippen molar-refractivity contribution >= 4 is 5.69 Å². The van der Waals surface area contributed by atoms with E-state index in [4.69, 9.17) is 15.2 Å². The summed E-state index contributed by atoms with van der Waals surface area (Å²) in [6, 6.07) is 14.0. The van der Waals surface area contributed by atoms with Crippen LogP contribution in [0.2, 0.25) is 0 Å². The van der Waals surface area contributed by atoms with E-state index >= 15 is 0 Å². The summed E-state index contributed by atoms with van der Waals surface area (Å²) in [5.74, 6) is 1.67. The zero-order valence-corrected chi connectivity index (χ0v) is 12.8. The fraction of sp³-hybridized carbons (Fsp3) is 0.294. The molecule has 112 valence electrons. The van der Waals surface area contributed by atoms with Gasteiger partial charge in [-0.15, -0.1) is 0 Å². The number of nitrogens with zero attached hydrogens (tertiary/aromatic N) is 1. The number of anilines is 1. The normalized spacial score (nSPS) is 10.3. The molecule has 2 aromatic carbocycles. The molecule has 4 nitrogen and oxygen atoms in total. The van der Waals surface area contributed by atoms with E-state index in [1.165, 1.54) is 0 Å².